The Bertz CT molecular complexity index is 1270. The van der Waals surface area contributed by atoms with Crippen LogP contribution in [0.4, 0.5) is 11.4 Å². The molecule has 2 N–H and O–H groups in total. The van der Waals surface area contributed by atoms with Crippen molar-refractivity contribution in [1.82, 2.24) is 5.32 Å². The molecule has 0 saturated carbocycles. The van der Waals surface area contributed by atoms with Gasteiger partial charge in [-0.3, -0.25) is 13.9 Å². The van der Waals surface area contributed by atoms with E-state index in [4.69, 9.17) is 4.74 Å². The maximum absolute atomic E-state index is 13.1. The summed E-state index contributed by atoms with van der Waals surface area (Å²) in [5.41, 5.74) is 2.48. The number of ether oxygens (including phenoxy) is 1. The second-order valence-corrected chi connectivity index (χ2v) is 10.4. The molecule has 0 fully saturated rings. The molecule has 0 saturated heterocycles. The molecule has 8 nitrogen and oxygen atoms in total. The Balaban J connectivity index is 1.48. The van der Waals surface area contributed by atoms with Crippen molar-refractivity contribution in [3.8, 4) is 5.75 Å². The molecule has 0 unspecified atom stereocenters. The van der Waals surface area contributed by atoms with Gasteiger partial charge in [0.05, 0.1) is 12.8 Å². The van der Waals surface area contributed by atoms with Crippen molar-refractivity contribution < 1.29 is 22.7 Å². The van der Waals surface area contributed by atoms with Crippen molar-refractivity contribution in [3.63, 3.8) is 0 Å². The molecule has 4 rings (SSSR count). The van der Waals surface area contributed by atoms with E-state index in [1.54, 1.807) is 47.8 Å². The number of methoxy groups -OCH3 is 1. The molecule has 10 heteroatoms. The molecule has 0 radical (unpaired) electrons. The molecule has 0 spiro atoms. The first-order valence-electron chi connectivity index (χ1n) is 10.3. The first-order valence-corrected chi connectivity index (χ1v) is 12.6. The van der Waals surface area contributed by atoms with Gasteiger partial charge in [-0.15, -0.1) is 11.3 Å². The zero-order valence-corrected chi connectivity index (χ0v) is 19.5. The van der Waals surface area contributed by atoms with Crippen LogP contribution in [0.3, 0.4) is 0 Å². The number of rotatable bonds is 6. The molecule has 0 bridgehead atoms. The van der Waals surface area contributed by atoms with E-state index in [9.17, 15) is 18.0 Å². The fourth-order valence-corrected chi connectivity index (χ4v) is 6.32. The number of thiophene rings is 1. The van der Waals surface area contributed by atoms with Crippen LogP contribution < -0.4 is 19.7 Å². The van der Waals surface area contributed by atoms with Crippen molar-refractivity contribution in [3.05, 3.63) is 71.1 Å². The summed E-state index contributed by atoms with van der Waals surface area (Å²) in [6, 6.07) is 15.5. The molecule has 1 aromatic heterocycles. The Hall–Kier alpha value is -3.37. The number of benzene rings is 2. The van der Waals surface area contributed by atoms with Gasteiger partial charge in [-0.25, -0.2) is 8.42 Å². The average molecular weight is 486 g/mol. The zero-order chi connectivity index (χ0) is 23.4. The highest BCUT2D eigenvalue weighted by atomic mass is 32.2. The van der Waals surface area contributed by atoms with Gasteiger partial charge in [0, 0.05) is 24.3 Å². The van der Waals surface area contributed by atoms with Crippen LogP contribution in [0.1, 0.15) is 17.5 Å². The van der Waals surface area contributed by atoms with Gasteiger partial charge in [0.1, 0.15) is 9.96 Å². The molecular formula is C23H23N3O5S2. The van der Waals surface area contributed by atoms with Gasteiger partial charge < -0.3 is 15.4 Å². The minimum Gasteiger partial charge on any atom is -0.496 e. The summed E-state index contributed by atoms with van der Waals surface area (Å²) < 4.78 is 33.1. The van der Waals surface area contributed by atoms with Crippen molar-refractivity contribution >= 4 is 44.5 Å². The topological polar surface area (TPSA) is 105 Å². The van der Waals surface area contributed by atoms with Crippen molar-refractivity contribution in [1.29, 1.82) is 0 Å². The van der Waals surface area contributed by atoms with E-state index in [-0.39, 0.29) is 10.8 Å². The predicted molar refractivity (Wildman–Crippen MR) is 127 cm³/mol. The van der Waals surface area contributed by atoms with Crippen LogP contribution >= 0.6 is 11.3 Å². The average Bonchev–Trinajstić information content (AvgIpc) is 3.38. The minimum atomic E-state index is -3.69. The third-order valence-corrected chi connectivity index (χ3v) is 8.48. The Morgan fingerprint density at radius 2 is 1.91 bits per heavy atom. The van der Waals surface area contributed by atoms with Crippen molar-refractivity contribution in [2.75, 3.05) is 23.3 Å². The lowest BCUT2D eigenvalue weighted by molar-refractivity contribution is -0.136. The van der Waals surface area contributed by atoms with Gasteiger partial charge in [-0.05, 0) is 48.1 Å². The fraction of sp³-hybridized carbons (Fsp3) is 0.217. The third-order valence-electron chi connectivity index (χ3n) is 5.30. The van der Waals surface area contributed by atoms with E-state index in [2.05, 4.69) is 10.6 Å². The highest BCUT2D eigenvalue weighted by Gasteiger charge is 2.30. The predicted octanol–water partition coefficient (Wildman–Crippen LogP) is 3.15. The normalized spacial score (nSPS) is 13.2. The number of sulfonamides is 1. The van der Waals surface area contributed by atoms with Gasteiger partial charge in [0.25, 0.3) is 10.0 Å². The lowest BCUT2D eigenvalue weighted by Crippen LogP contribution is -2.36. The van der Waals surface area contributed by atoms with E-state index in [0.717, 1.165) is 28.9 Å². The summed E-state index contributed by atoms with van der Waals surface area (Å²) in [6.45, 7) is 0.483. The van der Waals surface area contributed by atoms with Crippen molar-refractivity contribution in [2.24, 2.45) is 0 Å². The number of carbonyl (C=O) groups is 2. The number of hydrogen-bond donors (Lipinski definition) is 2. The number of nitrogens with one attached hydrogen (secondary N) is 2. The highest BCUT2D eigenvalue weighted by molar-refractivity contribution is 7.94. The Morgan fingerprint density at radius 3 is 2.67 bits per heavy atom. The molecular weight excluding hydrogens is 462 g/mol. The summed E-state index contributed by atoms with van der Waals surface area (Å²) in [5.74, 6) is -1.03. The molecule has 172 valence electrons. The second kappa shape index (κ2) is 9.63. The van der Waals surface area contributed by atoms with Crippen LogP contribution in [0.15, 0.2) is 64.2 Å². The lowest BCUT2D eigenvalue weighted by atomic mass is 10.0. The summed E-state index contributed by atoms with van der Waals surface area (Å²) in [5, 5.41) is 6.85. The molecule has 2 amide bonds. The van der Waals surface area contributed by atoms with E-state index in [1.165, 1.54) is 11.4 Å². The summed E-state index contributed by atoms with van der Waals surface area (Å²) >= 11 is 1.16. The monoisotopic (exact) mass is 485 g/mol. The number of fused-ring (bicyclic) bond motifs is 1. The Kier molecular flexibility index (Phi) is 6.66. The van der Waals surface area contributed by atoms with Gasteiger partial charge in [0.2, 0.25) is 0 Å². The van der Waals surface area contributed by atoms with Gasteiger partial charge in [0.15, 0.2) is 0 Å². The number of hydrogen-bond acceptors (Lipinski definition) is 6. The number of aryl methyl sites for hydroxylation is 1. The lowest BCUT2D eigenvalue weighted by Gasteiger charge is -2.30. The van der Waals surface area contributed by atoms with E-state index < -0.39 is 21.8 Å². The first kappa shape index (κ1) is 22.8. The summed E-state index contributed by atoms with van der Waals surface area (Å²) in [4.78, 5) is 24.8. The van der Waals surface area contributed by atoms with Crippen LogP contribution in [0.5, 0.6) is 5.75 Å². The smallest absolute Gasteiger partial charge is 0.313 e. The quantitative estimate of drug-likeness (QED) is 0.522. The standard InChI is InChI=1S/C23H23N3O5S2/c1-31-20-8-3-2-6-17(20)15-24-22(27)23(28)25-18-11-10-16-7-4-12-26(19(16)14-18)33(29,30)21-9-5-13-32-21/h2-3,5-6,8-11,13-14H,4,7,12,15H2,1H3,(H,24,27)(H,25,28). The van der Waals surface area contributed by atoms with Gasteiger partial charge in [-0.2, -0.15) is 0 Å². The molecule has 3 aromatic rings. The minimum absolute atomic E-state index is 0.132. The van der Waals surface area contributed by atoms with E-state index >= 15 is 0 Å². The van der Waals surface area contributed by atoms with E-state index in [1.807, 2.05) is 12.1 Å². The second-order valence-electron chi connectivity index (χ2n) is 7.40. The molecule has 2 heterocycles. The Labute approximate surface area is 196 Å². The SMILES string of the molecule is COc1ccccc1CNC(=O)C(=O)Nc1ccc2c(c1)N(S(=O)(=O)c1cccs1)CCC2. The first-order chi connectivity index (χ1) is 15.9. The van der Waals surface area contributed by atoms with Crippen LogP contribution in [0.25, 0.3) is 0 Å². The number of anilines is 2. The van der Waals surface area contributed by atoms with Crippen LogP contribution in [-0.4, -0.2) is 33.9 Å². The van der Waals surface area contributed by atoms with Gasteiger partial charge >= 0.3 is 11.8 Å². The molecule has 1 aliphatic heterocycles. The van der Waals surface area contributed by atoms with Crippen molar-refractivity contribution in [2.45, 2.75) is 23.6 Å². The summed E-state index contributed by atoms with van der Waals surface area (Å²) in [6.07, 6.45) is 1.44. The number of para-hydroxylation sites is 1. The molecule has 2 aromatic carbocycles. The van der Waals surface area contributed by atoms with E-state index in [0.29, 0.717) is 30.1 Å². The van der Waals surface area contributed by atoms with Crippen LogP contribution in [0, 0.1) is 0 Å². The highest BCUT2D eigenvalue weighted by Crippen LogP contribution is 2.35. The number of carbonyl (C=O) groups excluding carboxylic acids is 2. The number of amides is 2. The largest absolute Gasteiger partial charge is 0.496 e. The fourth-order valence-electron chi connectivity index (χ4n) is 3.68. The maximum atomic E-state index is 13.1. The summed E-state index contributed by atoms with van der Waals surface area (Å²) in [7, 11) is -2.16. The molecule has 0 atom stereocenters. The van der Waals surface area contributed by atoms with Gasteiger partial charge in [-0.1, -0.05) is 30.3 Å². The third kappa shape index (κ3) is 4.86. The molecule has 1 aliphatic rings. The Morgan fingerprint density at radius 1 is 1.09 bits per heavy atom. The van der Waals surface area contributed by atoms with Crippen LogP contribution in [-0.2, 0) is 32.6 Å². The maximum Gasteiger partial charge on any atom is 0.313 e. The zero-order valence-electron chi connectivity index (χ0n) is 17.9. The number of nitrogens with zero attached hydrogens (tertiary/aromatic N) is 1. The van der Waals surface area contributed by atoms with Crippen LogP contribution in [0.2, 0.25) is 0 Å². The molecule has 33 heavy (non-hydrogen) atoms. The molecule has 0 aliphatic carbocycles.